The predicted molar refractivity (Wildman–Crippen MR) is 78.6 cm³/mol. The number of halogens is 1. The molecule has 21 heavy (non-hydrogen) atoms. The van der Waals surface area contributed by atoms with Crippen molar-refractivity contribution >= 4 is 33.7 Å². The third-order valence-electron chi connectivity index (χ3n) is 2.92. The first-order chi connectivity index (χ1) is 10.0. The third-order valence-corrected chi connectivity index (χ3v) is 3.45. The van der Waals surface area contributed by atoms with Gasteiger partial charge in [-0.2, -0.15) is 0 Å². The Bertz CT molecular complexity index is 528. The highest BCUT2D eigenvalue weighted by Gasteiger charge is 2.25. The molecule has 0 saturated carbocycles. The summed E-state index contributed by atoms with van der Waals surface area (Å²) in [6.07, 6.45) is 0.776. The summed E-state index contributed by atoms with van der Waals surface area (Å²) in [5.74, 6) is -0.354. The van der Waals surface area contributed by atoms with Crippen LogP contribution in [0.2, 0.25) is 0 Å². The molecular formula is C14H15BrN2O4. The lowest BCUT2D eigenvalue weighted by Gasteiger charge is -2.25. The van der Waals surface area contributed by atoms with E-state index in [0.29, 0.717) is 13.0 Å². The molecule has 3 amide bonds. The molecule has 0 spiro atoms. The predicted octanol–water partition coefficient (Wildman–Crippen LogP) is 1.09. The average molecular weight is 355 g/mol. The minimum absolute atomic E-state index is 0.0574. The minimum atomic E-state index is -0.439. The van der Waals surface area contributed by atoms with Crippen molar-refractivity contribution in [1.29, 1.82) is 0 Å². The van der Waals surface area contributed by atoms with Gasteiger partial charge in [0.15, 0.2) is 0 Å². The van der Waals surface area contributed by atoms with E-state index in [9.17, 15) is 14.4 Å². The van der Waals surface area contributed by atoms with Gasteiger partial charge in [0.2, 0.25) is 17.7 Å². The third kappa shape index (κ3) is 4.86. The van der Waals surface area contributed by atoms with Crippen LogP contribution in [0.3, 0.4) is 0 Å². The van der Waals surface area contributed by atoms with Crippen molar-refractivity contribution in [2.24, 2.45) is 0 Å². The number of benzene rings is 1. The lowest BCUT2D eigenvalue weighted by Crippen LogP contribution is -2.53. The van der Waals surface area contributed by atoms with Gasteiger partial charge in [-0.25, -0.2) is 0 Å². The Morgan fingerprint density at radius 1 is 1.19 bits per heavy atom. The molecular weight excluding hydrogens is 340 g/mol. The number of carbonyl (C=O) groups is 3. The van der Waals surface area contributed by atoms with Gasteiger partial charge in [0.1, 0.15) is 18.8 Å². The summed E-state index contributed by atoms with van der Waals surface area (Å²) in [7, 11) is 0. The van der Waals surface area contributed by atoms with Crippen molar-refractivity contribution in [2.45, 2.75) is 12.8 Å². The van der Waals surface area contributed by atoms with Crippen molar-refractivity contribution in [3.8, 4) is 5.75 Å². The molecule has 1 fully saturated rings. The van der Waals surface area contributed by atoms with Gasteiger partial charge in [-0.3, -0.25) is 19.7 Å². The van der Waals surface area contributed by atoms with E-state index in [4.69, 9.17) is 4.74 Å². The maximum absolute atomic E-state index is 11.9. The summed E-state index contributed by atoms with van der Waals surface area (Å²) in [4.78, 5) is 35.5. The van der Waals surface area contributed by atoms with Crippen LogP contribution in [0.25, 0.3) is 0 Å². The molecule has 0 radical (unpaired) electrons. The van der Waals surface area contributed by atoms with E-state index in [1.807, 2.05) is 24.3 Å². The van der Waals surface area contributed by atoms with E-state index in [0.717, 1.165) is 10.2 Å². The van der Waals surface area contributed by atoms with Gasteiger partial charge in [-0.05, 0) is 30.7 Å². The van der Waals surface area contributed by atoms with Gasteiger partial charge < -0.3 is 9.64 Å². The largest absolute Gasteiger partial charge is 0.494 e. The molecule has 0 aromatic heterocycles. The zero-order chi connectivity index (χ0) is 15.2. The van der Waals surface area contributed by atoms with Crippen LogP contribution in [0.1, 0.15) is 12.8 Å². The molecule has 0 bridgehead atoms. The molecule has 0 atom stereocenters. The number of piperazine rings is 1. The van der Waals surface area contributed by atoms with Crippen LogP contribution >= 0.6 is 15.9 Å². The molecule has 7 heteroatoms. The fraction of sp³-hybridized carbons (Fsp3) is 0.357. The normalized spacial score (nSPS) is 14.8. The summed E-state index contributed by atoms with van der Waals surface area (Å²) in [6, 6.07) is 7.41. The second kappa shape index (κ2) is 7.21. The summed E-state index contributed by atoms with van der Waals surface area (Å²) >= 11 is 3.33. The number of nitrogens with zero attached hydrogens (tertiary/aromatic N) is 1. The molecule has 1 aromatic carbocycles. The number of carbonyl (C=O) groups excluding carboxylic acids is 3. The van der Waals surface area contributed by atoms with E-state index >= 15 is 0 Å². The highest BCUT2D eigenvalue weighted by atomic mass is 79.9. The molecule has 1 aromatic rings. The van der Waals surface area contributed by atoms with Crippen LogP contribution in [-0.4, -0.2) is 42.3 Å². The molecule has 112 valence electrons. The second-order valence-corrected chi connectivity index (χ2v) is 5.54. The zero-order valence-electron chi connectivity index (χ0n) is 11.3. The summed E-state index contributed by atoms with van der Waals surface area (Å²) < 4.78 is 6.47. The fourth-order valence-electron chi connectivity index (χ4n) is 1.92. The van der Waals surface area contributed by atoms with Gasteiger partial charge in [-0.15, -0.1) is 0 Å². The standard InChI is InChI=1S/C14H15BrN2O4/c15-10-3-5-11(6-4-10)21-7-1-2-14(20)17-8-12(18)16-13(19)9-17/h3-6H,1-2,7-9H2,(H,16,18,19). The summed E-state index contributed by atoms with van der Waals surface area (Å²) in [5.41, 5.74) is 0. The Balaban J connectivity index is 1.70. The molecule has 1 aliphatic rings. The average Bonchev–Trinajstić information content (AvgIpc) is 2.44. The molecule has 6 nitrogen and oxygen atoms in total. The topological polar surface area (TPSA) is 75.7 Å². The number of amides is 3. The van der Waals surface area contributed by atoms with Crippen molar-refractivity contribution in [2.75, 3.05) is 19.7 Å². The fourth-order valence-corrected chi connectivity index (χ4v) is 2.18. The maximum Gasteiger partial charge on any atom is 0.246 e. The molecule has 1 aliphatic heterocycles. The first-order valence-corrected chi connectivity index (χ1v) is 7.33. The summed E-state index contributed by atoms with van der Waals surface area (Å²) in [5, 5.41) is 2.16. The van der Waals surface area contributed by atoms with Crippen LogP contribution in [0.15, 0.2) is 28.7 Å². The second-order valence-electron chi connectivity index (χ2n) is 4.63. The van der Waals surface area contributed by atoms with Gasteiger partial charge in [0.05, 0.1) is 6.61 Å². The van der Waals surface area contributed by atoms with Crippen molar-refractivity contribution in [3.63, 3.8) is 0 Å². The molecule has 1 N–H and O–H groups in total. The van der Waals surface area contributed by atoms with Crippen LogP contribution in [0.5, 0.6) is 5.75 Å². The number of hydrogen-bond donors (Lipinski definition) is 1. The highest BCUT2D eigenvalue weighted by molar-refractivity contribution is 9.10. The van der Waals surface area contributed by atoms with Crippen LogP contribution in [0, 0.1) is 0 Å². The molecule has 2 rings (SSSR count). The monoisotopic (exact) mass is 354 g/mol. The Labute approximate surface area is 130 Å². The van der Waals surface area contributed by atoms with Crippen LogP contribution in [-0.2, 0) is 14.4 Å². The van der Waals surface area contributed by atoms with E-state index < -0.39 is 11.8 Å². The number of hydrogen-bond acceptors (Lipinski definition) is 4. The molecule has 1 heterocycles. The van der Waals surface area contributed by atoms with Crippen molar-refractivity contribution in [1.82, 2.24) is 10.2 Å². The number of nitrogens with one attached hydrogen (secondary N) is 1. The highest BCUT2D eigenvalue weighted by Crippen LogP contribution is 2.16. The quantitative estimate of drug-likeness (QED) is 0.634. The van der Waals surface area contributed by atoms with Gasteiger partial charge in [-0.1, -0.05) is 15.9 Å². The summed E-state index contributed by atoms with van der Waals surface area (Å²) in [6.45, 7) is 0.289. The van der Waals surface area contributed by atoms with Crippen molar-refractivity contribution < 1.29 is 19.1 Å². The van der Waals surface area contributed by atoms with Gasteiger partial charge in [0.25, 0.3) is 0 Å². The van der Waals surface area contributed by atoms with E-state index in [-0.39, 0.29) is 25.4 Å². The lowest BCUT2D eigenvalue weighted by molar-refractivity contribution is -0.145. The number of ether oxygens (including phenoxy) is 1. The maximum atomic E-state index is 11.9. The Hall–Kier alpha value is -1.89. The lowest BCUT2D eigenvalue weighted by atomic mass is 10.2. The number of rotatable bonds is 5. The van der Waals surface area contributed by atoms with Crippen LogP contribution < -0.4 is 10.1 Å². The Morgan fingerprint density at radius 3 is 2.43 bits per heavy atom. The molecule has 0 unspecified atom stereocenters. The molecule has 0 aliphatic carbocycles. The smallest absolute Gasteiger partial charge is 0.246 e. The zero-order valence-corrected chi connectivity index (χ0v) is 12.9. The number of imide groups is 1. The SMILES string of the molecule is O=C1CN(C(=O)CCCOc2ccc(Br)cc2)CC(=O)N1. The van der Waals surface area contributed by atoms with Crippen molar-refractivity contribution in [3.05, 3.63) is 28.7 Å². The van der Waals surface area contributed by atoms with Gasteiger partial charge >= 0.3 is 0 Å². The van der Waals surface area contributed by atoms with Crippen LogP contribution in [0.4, 0.5) is 0 Å². The first kappa shape index (κ1) is 15.5. The Kier molecular flexibility index (Phi) is 5.32. The van der Waals surface area contributed by atoms with Gasteiger partial charge in [0, 0.05) is 10.9 Å². The van der Waals surface area contributed by atoms with E-state index in [1.54, 1.807) is 0 Å². The first-order valence-electron chi connectivity index (χ1n) is 6.53. The Morgan fingerprint density at radius 2 is 1.81 bits per heavy atom. The minimum Gasteiger partial charge on any atom is -0.494 e. The van der Waals surface area contributed by atoms with E-state index in [2.05, 4.69) is 21.2 Å². The van der Waals surface area contributed by atoms with E-state index in [1.165, 1.54) is 4.90 Å². The molecule has 1 saturated heterocycles.